The summed E-state index contributed by atoms with van der Waals surface area (Å²) in [6.45, 7) is 1.01. The van der Waals surface area contributed by atoms with Gasteiger partial charge in [-0.25, -0.2) is 0 Å². The van der Waals surface area contributed by atoms with Gasteiger partial charge in [0, 0.05) is 25.2 Å². The smallest absolute Gasteiger partial charge is 0.0420 e. The van der Waals surface area contributed by atoms with Gasteiger partial charge in [0.2, 0.25) is 0 Å². The Morgan fingerprint density at radius 2 is 2.57 bits per heavy atom. The van der Waals surface area contributed by atoms with Crippen molar-refractivity contribution in [3.8, 4) is 0 Å². The van der Waals surface area contributed by atoms with Crippen LogP contribution in [0.3, 0.4) is 0 Å². The van der Waals surface area contributed by atoms with Crippen molar-refractivity contribution in [3.05, 3.63) is 12.4 Å². The first-order valence-electron chi connectivity index (χ1n) is 2.40. The van der Waals surface area contributed by atoms with Gasteiger partial charge in [0.25, 0.3) is 0 Å². The molecule has 2 nitrogen and oxygen atoms in total. The zero-order valence-corrected chi connectivity index (χ0v) is 4.09. The molecule has 1 aliphatic heterocycles. The standard InChI is InChI=1S/C5H8N2/c1-2-6-4-5-7-3-1/h2,4-5,7H,1,3H2. The average Bonchev–Trinajstić information content (AvgIpc) is 1.90. The van der Waals surface area contributed by atoms with Crippen LogP contribution in [0.4, 0.5) is 0 Å². The van der Waals surface area contributed by atoms with Gasteiger partial charge in [0.05, 0.1) is 0 Å². The van der Waals surface area contributed by atoms with E-state index in [2.05, 4.69) is 10.3 Å². The van der Waals surface area contributed by atoms with Crippen LogP contribution in [-0.2, 0) is 0 Å². The van der Waals surface area contributed by atoms with E-state index in [9.17, 15) is 0 Å². The van der Waals surface area contributed by atoms with Gasteiger partial charge in [0.1, 0.15) is 0 Å². The molecule has 0 unspecified atom stereocenters. The number of hydrogen-bond donors (Lipinski definition) is 1. The molecule has 1 heterocycles. The lowest BCUT2D eigenvalue weighted by Gasteiger charge is -1.87. The first-order valence-corrected chi connectivity index (χ1v) is 2.40. The molecule has 1 aliphatic rings. The van der Waals surface area contributed by atoms with E-state index in [0.717, 1.165) is 13.0 Å². The third-order valence-electron chi connectivity index (χ3n) is 0.802. The summed E-state index contributed by atoms with van der Waals surface area (Å²) in [5, 5.41) is 3.04. The zero-order valence-electron chi connectivity index (χ0n) is 4.09. The second kappa shape index (κ2) is 2.39. The van der Waals surface area contributed by atoms with Crippen LogP contribution in [0.5, 0.6) is 0 Å². The molecule has 1 rings (SSSR count). The molecule has 0 atom stereocenters. The maximum Gasteiger partial charge on any atom is 0.0420 e. The SMILES string of the molecule is C1=CNCCC=N1. The van der Waals surface area contributed by atoms with Gasteiger partial charge in [-0.3, -0.25) is 4.99 Å². The predicted octanol–water partition coefficient (Wildman–Crippen LogP) is 0.522. The van der Waals surface area contributed by atoms with E-state index in [-0.39, 0.29) is 0 Å². The van der Waals surface area contributed by atoms with Crippen molar-refractivity contribution in [1.82, 2.24) is 5.32 Å². The molecule has 38 valence electrons. The summed E-state index contributed by atoms with van der Waals surface area (Å²) in [4.78, 5) is 3.90. The highest BCUT2D eigenvalue weighted by molar-refractivity contribution is 5.58. The summed E-state index contributed by atoms with van der Waals surface area (Å²) in [5.41, 5.74) is 0. The molecule has 0 bridgehead atoms. The molecule has 1 N–H and O–H groups in total. The topological polar surface area (TPSA) is 24.4 Å². The van der Waals surface area contributed by atoms with Crippen molar-refractivity contribution >= 4 is 6.21 Å². The summed E-state index contributed by atoms with van der Waals surface area (Å²) in [6, 6.07) is 0. The van der Waals surface area contributed by atoms with Gasteiger partial charge in [-0.1, -0.05) is 0 Å². The lowest BCUT2D eigenvalue weighted by Crippen LogP contribution is -2.04. The van der Waals surface area contributed by atoms with Crippen molar-refractivity contribution in [2.75, 3.05) is 6.54 Å². The number of hydrogen-bond acceptors (Lipinski definition) is 2. The maximum atomic E-state index is 3.90. The van der Waals surface area contributed by atoms with E-state index < -0.39 is 0 Å². The summed E-state index contributed by atoms with van der Waals surface area (Å²) in [7, 11) is 0. The van der Waals surface area contributed by atoms with Crippen molar-refractivity contribution in [1.29, 1.82) is 0 Å². The Bertz CT molecular complexity index is 82.3. The minimum absolute atomic E-state index is 1.01. The van der Waals surface area contributed by atoms with Gasteiger partial charge in [-0.15, -0.1) is 0 Å². The van der Waals surface area contributed by atoms with Crippen molar-refractivity contribution in [2.24, 2.45) is 4.99 Å². The van der Waals surface area contributed by atoms with E-state index in [1.807, 2.05) is 12.4 Å². The minimum atomic E-state index is 1.01. The van der Waals surface area contributed by atoms with Crippen LogP contribution in [0.2, 0.25) is 0 Å². The Morgan fingerprint density at radius 1 is 1.57 bits per heavy atom. The Hall–Kier alpha value is -0.790. The van der Waals surface area contributed by atoms with E-state index in [0.29, 0.717) is 0 Å². The van der Waals surface area contributed by atoms with Crippen LogP contribution in [0.1, 0.15) is 6.42 Å². The number of nitrogens with one attached hydrogen (secondary N) is 1. The maximum absolute atomic E-state index is 3.90. The second-order valence-electron chi connectivity index (χ2n) is 1.39. The number of aliphatic imine (C=N–C) groups is 1. The van der Waals surface area contributed by atoms with Gasteiger partial charge >= 0.3 is 0 Å². The minimum Gasteiger partial charge on any atom is -0.389 e. The first-order chi connectivity index (χ1) is 3.50. The molecule has 0 aliphatic carbocycles. The molecule has 7 heavy (non-hydrogen) atoms. The van der Waals surface area contributed by atoms with Crippen LogP contribution in [0, 0.1) is 0 Å². The van der Waals surface area contributed by atoms with E-state index in [1.54, 1.807) is 6.20 Å². The van der Waals surface area contributed by atoms with Crippen LogP contribution in [0.15, 0.2) is 17.4 Å². The third kappa shape index (κ3) is 1.39. The summed E-state index contributed by atoms with van der Waals surface area (Å²) in [6.07, 6.45) is 6.54. The fourth-order valence-electron chi connectivity index (χ4n) is 0.462. The number of rotatable bonds is 0. The quantitative estimate of drug-likeness (QED) is 0.467. The predicted molar refractivity (Wildman–Crippen MR) is 30.3 cm³/mol. The highest BCUT2D eigenvalue weighted by Crippen LogP contribution is 1.79. The lowest BCUT2D eigenvalue weighted by molar-refractivity contribution is 0.886. The van der Waals surface area contributed by atoms with Crippen LogP contribution >= 0.6 is 0 Å². The fraction of sp³-hybridized carbons (Fsp3) is 0.400. The Kier molecular flexibility index (Phi) is 1.50. The van der Waals surface area contributed by atoms with E-state index in [1.165, 1.54) is 0 Å². The molecule has 0 fully saturated rings. The molecule has 0 aromatic carbocycles. The van der Waals surface area contributed by atoms with Crippen LogP contribution < -0.4 is 5.32 Å². The molecule has 0 aromatic rings. The third-order valence-corrected chi connectivity index (χ3v) is 0.802. The Labute approximate surface area is 42.9 Å². The molecule has 0 amide bonds. The Morgan fingerprint density at radius 3 is 3.57 bits per heavy atom. The highest BCUT2D eigenvalue weighted by Gasteiger charge is 1.79. The first kappa shape index (κ1) is 4.37. The van der Waals surface area contributed by atoms with Gasteiger partial charge in [-0.05, 0) is 6.42 Å². The molecule has 0 spiro atoms. The zero-order chi connectivity index (χ0) is 4.95. The fourth-order valence-corrected chi connectivity index (χ4v) is 0.462. The summed E-state index contributed by atoms with van der Waals surface area (Å²) in [5.74, 6) is 0. The number of nitrogens with zero attached hydrogens (tertiary/aromatic N) is 1. The highest BCUT2D eigenvalue weighted by atomic mass is 14.9. The van der Waals surface area contributed by atoms with Gasteiger partial charge in [0.15, 0.2) is 0 Å². The average molecular weight is 96.1 g/mol. The van der Waals surface area contributed by atoms with Crippen molar-refractivity contribution in [3.63, 3.8) is 0 Å². The molecule has 0 radical (unpaired) electrons. The van der Waals surface area contributed by atoms with E-state index in [4.69, 9.17) is 0 Å². The normalized spacial score (nSPS) is 18.3. The second-order valence-corrected chi connectivity index (χ2v) is 1.39. The van der Waals surface area contributed by atoms with Crippen LogP contribution in [0.25, 0.3) is 0 Å². The molecule has 0 saturated heterocycles. The van der Waals surface area contributed by atoms with Crippen molar-refractivity contribution in [2.45, 2.75) is 6.42 Å². The monoisotopic (exact) mass is 96.1 g/mol. The molecule has 2 heteroatoms. The molecule has 0 aromatic heterocycles. The molecular formula is C5H8N2. The lowest BCUT2D eigenvalue weighted by atomic mass is 10.5. The molecule has 0 saturated carbocycles. The Balaban J connectivity index is 2.39. The summed E-state index contributed by atoms with van der Waals surface area (Å²) >= 11 is 0. The van der Waals surface area contributed by atoms with Gasteiger partial charge in [-0.2, -0.15) is 0 Å². The summed E-state index contributed by atoms with van der Waals surface area (Å²) < 4.78 is 0. The van der Waals surface area contributed by atoms with Crippen LogP contribution in [-0.4, -0.2) is 12.8 Å². The van der Waals surface area contributed by atoms with Gasteiger partial charge < -0.3 is 5.32 Å². The molecular weight excluding hydrogens is 88.1 g/mol. The largest absolute Gasteiger partial charge is 0.389 e. The van der Waals surface area contributed by atoms with Crippen molar-refractivity contribution < 1.29 is 0 Å². The van der Waals surface area contributed by atoms with E-state index >= 15 is 0 Å².